The zero-order valence-electron chi connectivity index (χ0n) is 15.1. The Morgan fingerprint density at radius 1 is 1.28 bits per heavy atom. The van der Waals surface area contributed by atoms with E-state index in [-0.39, 0.29) is 30.0 Å². The van der Waals surface area contributed by atoms with Gasteiger partial charge in [-0.15, -0.1) is 0 Å². The lowest BCUT2D eigenvalue weighted by atomic mass is 9.54. The molecule has 2 N–H and O–H groups in total. The second-order valence-electron chi connectivity index (χ2n) is 8.51. The highest BCUT2D eigenvalue weighted by molar-refractivity contribution is 5.69. The first kappa shape index (κ1) is 17.0. The number of rotatable bonds is 2. The Morgan fingerprint density at radius 3 is 2.80 bits per heavy atom. The van der Waals surface area contributed by atoms with Crippen molar-refractivity contribution in [3.63, 3.8) is 0 Å². The zero-order valence-corrected chi connectivity index (χ0v) is 15.1. The van der Waals surface area contributed by atoms with Crippen molar-refractivity contribution in [3.8, 4) is 5.75 Å². The van der Waals surface area contributed by atoms with E-state index in [1.54, 1.807) is 0 Å². The number of esters is 1. The number of hydrogen-bond acceptors (Lipinski definition) is 4. The topological polar surface area (TPSA) is 66.8 Å². The summed E-state index contributed by atoms with van der Waals surface area (Å²) in [5.41, 5.74) is 2.50. The molecule has 0 bridgehead atoms. The molecule has 6 atom stereocenters. The van der Waals surface area contributed by atoms with Crippen molar-refractivity contribution >= 4 is 5.97 Å². The smallest absolute Gasteiger partial charge is 0.308 e. The highest BCUT2D eigenvalue weighted by Gasteiger charge is 2.55. The highest BCUT2D eigenvalue weighted by atomic mass is 16.5. The molecule has 4 nitrogen and oxygen atoms in total. The maximum Gasteiger partial charge on any atom is 0.308 e. The molecule has 2 saturated carbocycles. The van der Waals surface area contributed by atoms with E-state index in [1.807, 2.05) is 12.1 Å². The second-order valence-corrected chi connectivity index (χ2v) is 8.51. The molecule has 0 spiro atoms. The van der Waals surface area contributed by atoms with Crippen molar-refractivity contribution in [1.29, 1.82) is 0 Å². The minimum Gasteiger partial charge on any atom is -0.427 e. The monoisotopic (exact) mass is 344 g/mol. The number of hydrogen-bond donors (Lipinski definition) is 2. The first-order valence-electron chi connectivity index (χ1n) is 9.55. The van der Waals surface area contributed by atoms with Crippen LogP contribution in [0.5, 0.6) is 5.75 Å². The van der Waals surface area contributed by atoms with Crippen LogP contribution in [0.2, 0.25) is 0 Å². The SMILES string of the molecule is CC(=O)Oc1ccc2c(c1)[C@H](CO)C[C@@H]1[C@@H]2CC[C@]2(C)C(O)CC[C@@H]12. The highest BCUT2D eigenvalue weighted by Crippen LogP contribution is 2.62. The fraction of sp³-hybridized carbons (Fsp3) is 0.667. The van der Waals surface area contributed by atoms with Gasteiger partial charge in [-0.3, -0.25) is 4.79 Å². The van der Waals surface area contributed by atoms with E-state index in [9.17, 15) is 15.0 Å². The Labute approximate surface area is 149 Å². The second kappa shape index (κ2) is 6.10. The molecular weight excluding hydrogens is 316 g/mol. The number of carbonyl (C=O) groups excluding carboxylic acids is 1. The van der Waals surface area contributed by atoms with E-state index in [0.717, 1.165) is 37.7 Å². The Bertz CT molecular complexity index is 684. The van der Waals surface area contributed by atoms with E-state index in [1.165, 1.54) is 12.5 Å². The molecule has 0 saturated heterocycles. The molecule has 0 heterocycles. The number of ether oxygens (including phenoxy) is 1. The Morgan fingerprint density at radius 2 is 2.08 bits per heavy atom. The average Bonchev–Trinajstić information content (AvgIpc) is 2.89. The summed E-state index contributed by atoms with van der Waals surface area (Å²) in [6.07, 6.45) is 4.94. The first-order chi connectivity index (χ1) is 11.9. The van der Waals surface area contributed by atoms with Crippen LogP contribution in [0.1, 0.15) is 68.9 Å². The number of fused-ring (bicyclic) bond motifs is 5. The Hall–Kier alpha value is -1.39. The van der Waals surface area contributed by atoms with E-state index in [2.05, 4.69) is 13.0 Å². The van der Waals surface area contributed by atoms with Crippen molar-refractivity contribution in [1.82, 2.24) is 0 Å². The molecule has 1 aromatic carbocycles. The molecule has 1 aromatic rings. The fourth-order valence-corrected chi connectivity index (χ4v) is 6.08. The van der Waals surface area contributed by atoms with Crippen LogP contribution in [0.4, 0.5) is 0 Å². The molecule has 0 amide bonds. The molecule has 25 heavy (non-hydrogen) atoms. The third-order valence-corrected chi connectivity index (χ3v) is 7.32. The molecule has 3 aliphatic rings. The van der Waals surface area contributed by atoms with Gasteiger partial charge in [-0.05, 0) is 78.5 Å². The van der Waals surface area contributed by atoms with Crippen molar-refractivity contribution < 1.29 is 19.7 Å². The normalized spacial score (nSPS) is 39.3. The summed E-state index contributed by atoms with van der Waals surface area (Å²) in [5.74, 6) is 1.90. The minimum absolute atomic E-state index is 0.0381. The van der Waals surface area contributed by atoms with Crippen LogP contribution in [0.25, 0.3) is 0 Å². The summed E-state index contributed by atoms with van der Waals surface area (Å²) in [6, 6.07) is 5.93. The first-order valence-corrected chi connectivity index (χ1v) is 9.55. The summed E-state index contributed by atoms with van der Waals surface area (Å²) in [5, 5.41) is 20.5. The molecule has 4 rings (SSSR count). The summed E-state index contributed by atoms with van der Waals surface area (Å²) in [7, 11) is 0. The lowest BCUT2D eigenvalue weighted by Gasteiger charge is -2.51. The Kier molecular flexibility index (Phi) is 4.16. The van der Waals surface area contributed by atoms with Crippen LogP contribution in [0.3, 0.4) is 0 Å². The molecule has 136 valence electrons. The van der Waals surface area contributed by atoms with E-state index in [0.29, 0.717) is 23.5 Å². The van der Waals surface area contributed by atoms with Crippen LogP contribution < -0.4 is 4.74 Å². The van der Waals surface area contributed by atoms with Crippen molar-refractivity contribution in [2.45, 2.75) is 63.9 Å². The van der Waals surface area contributed by atoms with Crippen LogP contribution in [0, 0.1) is 17.3 Å². The van der Waals surface area contributed by atoms with Gasteiger partial charge < -0.3 is 14.9 Å². The molecule has 4 heteroatoms. The van der Waals surface area contributed by atoms with Crippen molar-refractivity contribution in [2.75, 3.05) is 6.61 Å². The summed E-state index contributed by atoms with van der Waals surface area (Å²) < 4.78 is 5.25. The van der Waals surface area contributed by atoms with Gasteiger partial charge in [-0.2, -0.15) is 0 Å². The number of carbonyl (C=O) groups is 1. The average molecular weight is 344 g/mol. The third-order valence-electron chi connectivity index (χ3n) is 7.32. The maximum atomic E-state index is 11.3. The van der Waals surface area contributed by atoms with Crippen molar-refractivity contribution in [3.05, 3.63) is 29.3 Å². The van der Waals surface area contributed by atoms with Gasteiger partial charge in [0.2, 0.25) is 0 Å². The lowest BCUT2D eigenvalue weighted by molar-refractivity contribution is -0.131. The van der Waals surface area contributed by atoms with E-state index in [4.69, 9.17) is 4.74 Å². The van der Waals surface area contributed by atoms with Crippen LogP contribution in [-0.4, -0.2) is 28.9 Å². The van der Waals surface area contributed by atoms with Crippen LogP contribution in [0.15, 0.2) is 18.2 Å². The molecular formula is C21H28O4. The van der Waals surface area contributed by atoms with Gasteiger partial charge in [0.15, 0.2) is 0 Å². The Balaban J connectivity index is 1.71. The van der Waals surface area contributed by atoms with Crippen LogP contribution in [-0.2, 0) is 4.79 Å². The molecule has 1 unspecified atom stereocenters. The molecule has 0 radical (unpaired) electrons. The quantitative estimate of drug-likeness (QED) is 0.638. The van der Waals surface area contributed by atoms with Crippen LogP contribution >= 0.6 is 0 Å². The molecule has 0 aromatic heterocycles. The largest absolute Gasteiger partial charge is 0.427 e. The van der Waals surface area contributed by atoms with E-state index < -0.39 is 0 Å². The number of benzene rings is 1. The molecule has 0 aliphatic heterocycles. The van der Waals surface area contributed by atoms with Gasteiger partial charge in [-0.25, -0.2) is 0 Å². The van der Waals surface area contributed by atoms with Gasteiger partial charge in [0.1, 0.15) is 5.75 Å². The summed E-state index contributed by atoms with van der Waals surface area (Å²) in [6.45, 7) is 3.79. The molecule has 2 fully saturated rings. The maximum absolute atomic E-state index is 11.3. The number of aliphatic hydroxyl groups is 2. The summed E-state index contributed by atoms with van der Waals surface area (Å²) in [4.78, 5) is 11.3. The summed E-state index contributed by atoms with van der Waals surface area (Å²) >= 11 is 0. The fourth-order valence-electron chi connectivity index (χ4n) is 6.08. The van der Waals surface area contributed by atoms with Gasteiger partial charge in [0.25, 0.3) is 0 Å². The van der Waals surface area contributed by atoms with Gasteiger partial charge in [-0.1, -0.05) is 13.0 Å². The predicted molar refractivity (Wildman–Crippen MR) is 94.5 cm³/mol. The van der Waals surface area contributed by atoms with E-state index >= 15 is 0 Å². The lowest BCUT2D eigenvalue weighted by Crippen LogP contribution is -2.44. The standard InChI is InChI=1S/C21H28O4/c1-12(23)25-14-3-4-15-16-7-8-21(2)19(5-6-20(21)24)18(16)9-13(11-22)17(15)10-14/h3-4,10,13,16,18-20,22,24H,5-9,11H2,1-2H3/t13-,16+,18+,19-,20?,21-/m0/s1. The van der Waals surface area contributed by atoms with Crippen molar-refractivity contribution in [2.24, 2.45) is 17.3 Å². The third kappa shape index (κ3) is 2.61. The predicted octanol–water partition coefficient (Wildman–Crippen LogP) is 3.36. The van der Waals surface area contributed by atoms with Gasteiger partial charge >= 0.3 is 5.97 Å². The zero-order chi connectivity index (χ0) is 17.8. The van der Waals surface area contributed by atoms with Gasteiger partial charge in [0.05, 0.1) is 6.10 Å². The number of aliphatic hydroxyl groups excluding tert-OH is 2. The van der Waals surface area contributed by atoms with Gasteiger partial charge in [0, 0.05) is 19.4 Å². The molecule has 3 aliphatic carbocycles. The minimum atomic E-state index is -0.317.